The van der Waals surface area contributed by atoms with E-state index in [4.69, 9.17) is 10.5 Å². The summed E-state index contributed by atoms with van der Waals surface area (Å²) in [7, 11) is 0. The Labute approximate surface area is 114 Å². The van der Waals surface area contributed by atoms with Crippen LogP contribution in [-0.4, -0.2) is 48.7 Å². The molecule has 1 fully saturated rings. The molecule has 1 aliphatic heterocycles. The average molecular weight is 280 g/mol. The molecule has 20 heavy (non-hydrogen) atoms. The zero-order valence-corrected chi connectivity index (χ0v) is 10.8. The largest absolute Gasteiger partial charge is 0.394 e. The number of hydrogen-bond acceptors (Lipinski definition) is 7. The van der Waals surface area contributed by atoms with Gasteiger partial charge in [-0.1, -0.05) is 6.92 Å². The first-order valence-corrected chi connectivity index (χ1v) is 6.27. The lowest BCUT2D eigenvalue weighted by Crippen LogP contribution is -2.35. The fraction of sp³-hybridized carbons (Fsp3) is 0.500. The Morgan fingerprint density at radius 2 is 2.25 bits per heavy atom. The van der Waals surface area contributed by atoms with Crippen molar-refractivity contribution in [2.24, 2.45) is 5.92 Å². The smallest absolute Gasteiger partial charge is 0.215 e. The Hall–Kier alpha value is -1.74. The van der Waals surface area contributed by atoms with Crippen LogP contribution in [0.4, 0.5) is 5.82 Å². The van der Waals surface area contributed by atoms with Gasteiger partial charge >= 0.3 is 0 Å². The molecule has 0 saturated carbocycles. The van der Waals surface area contributed by atoms with Gasteiger partial charge in [0, 0.05) is 5.92 Å². The van der Waals surface area contributed by atoms with Crippen molar-refractivity contribution in [2.75, 3.05) is 12.3 Å². The highest BCUT2D eigenvalue weighted by molar-refractivity contribution is 5.65. The number of nitrogen functional groups attached to an aromatic ring is 1. The molecular formula is C12H16N4O4. The van der Waals surface area contributed by atoms with Gasteiger partial charge in [0.25, 0.3) is 0 Å². The van der Waals surface area contributed by atoms with Crippen molar-refractivity contribution < 1.29 is 20.1 Å². The molecule has 4 atom stereocenters. The predicted octanol–water partition coefficient (Wildman–Crippen LogP) is -1.16. The Bertz CT molecular complexity index is 645. The van der Waals surface area contributed by atoms with Crippen molar-refractivity contribution in [1.29, 1.82) is 0 Å². The summed E-state index contributed by atoms with van der Waals surface area (Å²) in [6.07, 6.45) is -0.552. The zero-order valence-electron chi connectivity index (χ0n) is 10.8. The summed E-state index contributed by atoms with van der Waals surface area (Å²) in [6.45, 7) is 1.26. The number of ether oxygens (including phenoxy) is 1. The number of anilines is 1. The first kappa shape index (κ1) is 13.3. The molecule has 0 aliphatic carbocycles. The molecule has 108 valence electrons. The molecule has 0 bridgehead atoms. The van der Waals surface area contributed by atoms with Gasteiger partial charge in [-0.2, -0.15) is 5.10 Å². The van der Waals surface area contributed by atoms with Gasteiger partial charge in [-0.05, 0) is 12.1 Å². The first-order chi connectivity index (χ1) is 9.49. The van der Waals surface area contributed by atoms with Crippen LogP contribution in [0, 0.1) is 5.92 Å². The van der Waals surface area contributed by atoms with Crippen molar-refractivity contribution in [1.82, 2.24) is 14.6 Å². The third-order valence-corrected chi connectivity index (χ3v) is 3.87. The standard InChI is InChI=1S/C12H16N4O4/c1-6-10(18)8(4-17)20-12(6,19)9-3-2-7-11(13)14-5-15-16(7)9/h2-3,5-6,8,10,17-19H,4H2,1H3,(H2,13,14,15)/t6-,8+,10-,12?/m0/s1. The molecule has 1 aliphatic rings. The number of aliphatic hydroxyl groups excluding tert-OH is 2. The van der Waals surface area contributed by atoms with Crippen molar-refractivity contribution in [3.63, 3.8) is 0 Å². The normalized spacial score (nSPS) is 33.9. The number of hydrogen-bond donors (Lipinski definition) is 4. The van der Waals surface area contributed by atoms with E-state index >= 15 is 0 Å². The Morgan fingerprint density at radius 3 is 2.90 bits per heavy atom. The molecule has 0 spiro atoms. The third kappa shape index (κ3) is 1.63. The molecule has 5 N–H and O–H groups in total. The third-order valence-electron chi connectivity index (χ3n) is 3.87. The van der Waals surface area contributed by atoms with Crippen LogP contribution < -0.4 is 5.73 Å². The van der Waals surface area contributed by atoms with Crippen LogP contribution in [0.25, 0.3) is 5.52 Å². The Kier molecular flexibility index (Phi) is 2.91. The highest BCUT2D eigenvalue weighted by Crippen LogP contribution is 2.42. The van der Waals surface area contributed by atoms with Gasteiger partial charge < -0.3 is 25.8 Å². The maximum absolute atomic E-state index is 10.8. The molecule has 8 nitrogen and oxygen atoms in total. The van der Waals surface area contributed by atoms with E-state index in [1.807, 2.05) is 0 Å². The van der Waals surface area contributed by atoms with Gasteiger partial charge in [0.05, 0.1) is 12.7 Å². The molecule has 1 unspecified atom stereocenters. The number of nitrogens with two attached hydrogens (primary N) is 1. The van der Waals surface area contributed by atoms with E-state index in [0.29, 0.717) is 11.2 Å². The minimum absolute atomic E-state index is 0.278. The van der Waals surface area contributed by atoms with E-state index in [2.05, 4.69) is 10.1 Å². The van der Waals surface area contributed by atoms with Gasteiger partial charge in [0.2, 0.25) is 5.79 Å². The second-order valence-electron chi connectivity index (χ2n) is 4.98. The van der Waals surface area contributed by atoms with E-state index < -0.39 is 23.9 Å². The lowest BCUT2D eigenvalue weighted by Gasteiger charge is -2.26. The molecule has 8 heteroatoms. The highest BCUT2D eigenvalue weighted by atomic mass is 16.7. The van der Waals surface area contributed by atoms with Gasteiger partial charge in [-0.3, -0.25) is 0 Å². The van der Waals surface area contributed by atoms with Crippen molar-refractivity contribution in [3.8, 4) is 0 Å². The van der Waals surface area contributed by atoms with Crippen LogP contribution >= 0.6 is 0 Å². The molecule has 0 radical (unpaired) electrons. The maximum Gasteiger partial charge on any atom is 0.215 e. The summed E-state index contributed by atoms with van der Waals surface area (Å²) in [5, 5.41) is 34.0. The van der Waals surface area contributed by atoms with Gasteiger partial charge in [-0.25, -0.2) is 9.50 Å². The topological polar surface area (TPSA) is 126 Å². The zero-order chi connectivity index (χ0) is 14.5. The van der Waals surface area contributed by atoms with Crippen LogP contribution in [0.5, 0.6) is 0 Å². The molecule has 1 saturated heterocycles. The lowest BCUT2D eigenvalue weighted by atomic mass is 9.93. The van der Waals surface area contributed by atoms with E-state index in [0.717, 1.165) is 0 Å². The van der Waals surface area contributed by atoms with Crippen molar-refractivity contribution in [3.05, 3.63) is 24.2 Å². The fourth-order valence-electron chi connectivity index (χ4n) is 2.62. The first-order valence-electron chi connectivity index (χ1n) is 6.27. The van der Waals surface area contributed by atoms with E-state index in [1.165, 1.54) is 10.8 Å². The molecule has 2 aromatic rings. The predicted molar refractivity (Wildman–Crippen MR) is 68.4 cm³/mol. The maximum atomic E-state index is 10.8. The molecule has 3 heterocycles. The van der Waals surface area contributed by atoms with Crippen LogP contribution in [0.1, 0.15) is 12.6 Å². The van der Waals surface area contributed by atoms with Gasteiger partial charge in [-0.15, -0.1) is 0 Å². The Morgan fingerprint density at radius 1 is 1.50 bits per heavy atom. The van der Waals surface area contributed by atoms with E-state index in [9.17, 15) is 15.3 Å². The van der Waals surface area contributed by atoms with Crippen LogP contribution in [0.3, 0.4) is 0 Å². The second kappa shape index (κ2) is 4.38. The monoisotopic (exact) mass is 280 g/mol. The molecule has 0 aromatic carbocycles. The van der Waals surface area contributed by atoms with Crippen molar-refractivity contribution >= 4 is 11.3 Å². The summed E-state index contributed by atoms with van der Waals surface area (Å²) < 4.78 is 6.87. The summed E-state index contributed by atoms with van der Waals surface area (Å²) >= 11 is 0. The SMILES string of the molecule is C[C@H]1[C@H](O)[C@@H](CO)OC1(O)c1ccc2c(N)ncnn12. The van der Waals surface area contributed by atoms with Crippen molar-refractivity contribution in [2.45, 2.75) is 24.9 Å². The number of rotatable bonds is 2. The summed E-state index contributed by atoms with van der Waals surface area (Å²) in [4.78, 5) is 3.87. The average Bonchev–Trinajstić information content (AvgIpc) is 2.96. The molecular weight excluding hydrogens is 264 g/mol. The second-order valence-corrected chi connectivity index (χ2v) is 4.98. The number of fused-ring (bicyclic) bond motifs is 1. The highest BCUT2D eigenvalue weighted by Gasteiger charge is 2.53. The molecule has 3 rings (SSSR count). The van der Waals surface area contributed by atoms with Gasteiger partial charge in [0.15, 0.2) is 5.82 Å². The molecule has 0 amide bonds. The lowest BCUT2D eigenvalue weighted by molar-refractivity contribution is -0.226. The van der Waals surface area contributed by atoms with E-state index in [1.54, 1.807) is 19.1 Å². The summed E-state index contributed by atoms with van der Waals surface area (Å²) in [6, 6.07) is 3.28. The number of aliphatic hydroxyl groups is 3. The number of nitrogens with zero attached hydrogens (tertiary/aromatic N) is 3. The molecule has 2 aromatic heterocycles. The van der Waals surface area contributed by atoms with E-state index in [-0.39, 0.29) is 12.4 Å². The summed E-state index contributed by atoms with van der Waals surface area (Å²) in [5.41, 5.74) is 6.62. The Balaban J connectivity index is 2.13. The number of aromatic nitrogens is 3. The fourth-order valence-corrected chi connectivity index (χ4v) is 2.62. The quantitative estimate of drug-likeness (QED) is 0.547. The minimum Gasteiger partial charge on any atom is -0.394 e. The van der Waals surface area contributed by atoms with Gasteiger partial charge in [0.1, 0.15) is 23.6 Å². The summed E-state index contributed by atoms with van der Waals surface area (Å²) in [5.74, 6) is -2.10. The van der Waals surface area contributed by atoms with Crippen LogP contribution in [-0.2, 0) is 10.5 Å². The minimum atomic E-state index is -1.75. The van der Waals surface area contributed by atoms with Crippen LogP contribution in [0.15, 0.2) is 18.5 Å². The van der Waals surface area contributed by atoms with Crippen LogP contribution in [0.2, 0.25) is 0 Å².